The molecule has 0 saturated heterocycles. The van der Waals surface area contributed by atoms with Crippen molar-refractivity contribution in [2.24, 2.45) is 5.84 Å². The predicted octanol–water partition coefficient (Wildman–Crippen LogP) is 1.65. The Morgan fingerprint density at radius 1 is 1.37 bits per heavy atom. The maximum Gasteiger partial charge on any atom is 0.213 e. The van der Waals surface area contributed by atoms with Crippen molar-refractivity contribution >= 4 is 23.4 Å². The minimum atomic E-state index is 0.467. The van der Waals surface area contributed by atoms with Crippen molar-refractivity contribution in [3.63, 3.8) is 0 Å². The Labute approximate surface area is 115 Å². The third-order valence-electron chi connectivity index (χ3n) is 2.41. The Hall–Kier alpha value is -1.80. The van der Waals surface area contributed by atoms with E-state index in [0.717, 1.165) is 12.2 Å². The van der Waals surface area contributed by atoms with E-state index in [2.05, 4.69) is 25.7 Å². The van der Waals surface area contributed by atoms with E-state index in [1.54, 1.807) is 12.3 Å². The second kappa shape index (κ2) is 6.39. The number of oxazole rings is 1. The first kappa shape index (κ1) is 13.6. The smallest absolute Gasteiger partial charge is 0.213 e. The molecule has 0 atom stereocenters. The number of aryl methyl sites for hydroxylation is 1. The molecular formula is C11H16N6OS. The van der Waals surface area contributed by atoms with Gasteiger partial charge in [0.05, 0.1) is 12.7 Å². The summed E-state index contributed by atoms with van der Waals surface area (Å²) in [5, 5.41) is 3.77. The molecule has 0 radical (unpaired) electrons. The zero-order valence-electron chi connectivity index (χ0n) is 10.8. The number of hydrogen-bond donors (Lipinski definition) is 3. The minimum absolute atomic E-state index is 0.467. The minimum Gasteiger partial charge on any atom is -0.444 e. The summed E-state index contributed by atoms with van der Waals surface area (Å²) >= 11 is 1.45. The Morgan fingerprint density at radius 2 is 2.16 bits per heavy atom. The van der Waals surface area contributed by atoms with E-state index in [0.29, 0.717) is 29.2 Å². The Balaban J connectivity index is 2.05. The van der Waals surface area contributed by atoms with Crippen LogP contribution in [0.1, 0.15) is 18.6 Å². The van der Waals surface area contributed by atoms with Crippen molar-refractivity contribution in [1.29, 1.82) is 0 Å². The lowest BCUT2D eigenvalue weighted by Gasteiger charge is -2.07. The van der Waals surface area contributed by atoms with Gasteiger partial charge in [0, 0.05) is 12.5 Å². The molecule has 102 valence electrons. The average molecular weight is 280 g/mol. The van der Waals surface area contributed by atoms with Crippen LogP contribution in [0.25, 0.3) is 0 Å². The van der Waals surface area contributed by atoms with Crippen LogP contribution < -0.4 is 16.6 Å². The van der Waals surface area contributed by atoms with E-state index in [1.165, 1.54) is 11.8 Å². The Morgan fingerprint density at radius 3 is 2.79 bits per heavy atom. The highest BCUT2D eigenvalue weighted by Crippen LogP contribution is 2.17. The van der Waals surface area contributed by atoms with Gasteiger partial charge >= 0.3 is 0 Å². The zero-order valence-corrected chi connectivity index (χ0v) is 11.6. The van der Waals surface area contributed by atoms with Crippen LogP contribution in [0.15, 0.2) is 21.8 Å². The summed E-state index contributed by atoms with van der Waals surface area (Å²) < 4.78 is 5.51. The van der Waals surface area contributed by atoms with Gasteiger partial charge in [0.25, 0.3) is 0 Å². The van der Waals surface area contributed by atoms with E-state index >= 15 is 0 Å². The van der Waals surface area contributed by atoms with Gasteiger partial charge in [-0.15, -0.1) is 0 Å². The maximum absolute atomic E-state index is 5.51. The highest BCUT2D eigenvalue weighted by Gasteiger charge is 2.05. The van der Waals surface area contributed by atoms with Crippen LogP contribution in [0.5, 0.6) is 0 Å². The monoisotopic (exact) mass is 280 g/mol. The summed E-state index contributed by atoms with van der Waals surface area (Å²) in [6.45, 7) is 2.49. The Bertz CT molecular complexity index is 521. The molecule has 2 aromatic heterocycles. The van der Waals surface area contributed by atoms with Gasteiger partial charge < -0.3 is 15.2 Å². The standard InChI is InChI=1S/C11H16N6OS/c1-3-7-5-14-10(18-7)6-13-8-4-9(17-12)16-11(15-8)19-2/h4-5H,3,6,12H2,1-2H3,(H2,13,15,16,17). The number of nitrogen functional groups attached to an aromatic ring is 1. The van der Waals surface area contributed by atoms with Gasteiger partial charge in [-0.1, -0.05) is 18.7 Å². The van der Waals surface area contributed by atoms with Crippen molar-refractivity contribution in [2.45, 2.75) is 25.0 Å². The van der Waals surface area contributed by atoms with Crippen LogP contribution in [0.3, 0.4) is 0 Å². The predicted molar refractivity (Wildman–Crippen MR) is 74.8 cm³/mol. The molecule has 0 amide bonds. The number of nitrogens with two attached hydrogens (primary N) is 1. The molecule has 19 heavy (non-hydrogen) atoms. The second-order valence-electron chi connectivity index (χ2n) is 3.70. The highest BCUT2D eigenvalue weighted by atomic mass is 32.2. The number of nitrogens with one attached hydrogen (secondary N) is 2. The number of hydrazine groups is 1. The summed E-state index contributed by atoms with van der Waals surface area (Å²) in [6.07, 6.45) is 4.47. The van der Waals surface area contributed by atoms with Crippen LogP contribution in [0.2, 0.25) is 0 Å². The summed E-state index contributed by atoms with van der Waals surface area (Å²) in [4.78, 5) is 12.7. The molecule has 2 rings (SSSR count). The molecule has 7 nitrogen and oxygen atoms in total. The maximum atomic E-state index is 5.51. The number of nitrogens with zero attached hydrogens (tertiary/aromatic N) is 3. The molecule has 0 bridgehead atoms. The Kier molecular flexibility index (Phi) is 4.58. The summed E-state index contributed by atoms with van der Waals surface area (Å²) in [6, 6.07) is 1.73. The lowest BCUT2D eigenvalue weighted by Crippen LogP contribution is -2.11. The lowest BCUT2D eigenvalue weighted by molar-refractivity contribution is 0.465. The quantitative estimate of drug-likeness (QED) is 0.318. The number of hydrogen-bond acceptors (Lipinski definition) is 8. The van der Waals surface area contributed by atoms with Crippen molar-refractivity contribution in [1.82, 2.24) is 15.0 Å². The first-order chi connectivity index (χ1) is 9.25. The van der Waals surface area contributed by atoms with Gasteiger partial charge in [-0.2, -0.15) is 0 Å². The number of thioether (sulfide) groups is 1. The van der Waals surface area contributed by atoms with Gasteiger partial charge in [-0.3, -0.25) is 0 Å². The van der Waals surface area contributed by atoms with Crippen LogP contribution >= 0.6 is 11.8 Å². The number of anilines is 2. The molecule has 8 heteroatoms. The SMILES string of the molecule is CCc1cnc(CNc2cc(NN)nc(SC)n2)o1. The van der Waals surface area contributed by atoms with Crippen molar-refractivity contribution in [3.8, 4) is 0 Å². The molecule has 0 aliphatic heterocycles. The van der Waals surface area contributed by atoms with E-state index in [1.807, 2.05) is 13.2 Å². The molecule has 0 spiro atoms. The normalized spacial score (nSPS) is 10.5. The molecule has 0 saturated carbocycles. The van der Waals surface area contributed by atoms with E-state index in [-0.39, 0.29) is 0 Å². The van der Waals surface area contributed by atoms with Gasteiger partial charge in [0.2, 0.25) is 5.89 Å². The van der Waals surface area contributed by atoms with Gasteiger partial charge in [-0.05, 0) is 6.26 Å². The fraction of sp³-hybridized carbons (Fsp3) is 0.364. The largest absolute Gasteiger partial charge is 0.444 e. The third kappa shape index (κ3) is 3.58. The van der Waals surface area contributed by atoms with Crippen LogP contribution in [0.4, 0.5) is 11.6 Å². The second-order valence-corrected chi connectivity index (χ2v) is 4.47. The molecule has 0 aromatic carbocycles. The topological polar surface area (TPSA) is 102 Å². The molecule has 0 unspecified atom stereocenters. The van der Waals surface area contributed by atoms with E-state index in [9.17, 15) is 0 Å². The fourth-order valence-corrected chi connectivity index (χ4v) is 1.82. The summed E-state index contributed by atoms with van der Waals surface area (Å²) in [5.41, 5.74) is 2.51. The zero-order chi connectivity index (χ0) is 13.7. The van der Waals surface area contributed by atoms with Gasteiger partial charge in [0.15, 0.2) is 5.16 Å². The molecule has 0 fully saturated rings. The number of aromatic nitrogens is 3. The summed E-state index contributed by atoms with van der Waals surface area (Å²) in [5.74, 6) is 8.09. The van der Waals surface area contributed by atoms with Crippen LogP contribution in [-0.2, 0) is 13.0 Å². The first-order valence-electron chi connectivity index (χ1n) is 5.82. The fourth-order valence-electron chi connectivity index (χ4n) is 1.44. The average Bonchev–Trinajstić information content (AvgIpc) is 2.92. The lowest BCUT2D eigenvalue weighted by atomic mass is 10.4. The van der Waals surface area contributed by atoms with E-state index < -0.39 is 0 Å². The molecule has 2 heterocycles. The van der Waals surface area contributed by atoms with Crippen LogP contribution in [-0.4, -0.2) is 21.2 Å². The molecule has 2 aromatic rings. The van der Waals surface area contributed by atoms with Gasteiger partial charge in [-0.25, -0.2) is 20.8 Å². The third-order valence-corrected chi connectivity index (χ3v) is 2.95. The van der Waals surface area contributed by atoms with E-state index in [4.69, 9.17) is 10.3 Å². The molecule has 4 N–H and O–H groups in total. The van der Waals surface area contributed by atoms with Crippen molar-refractivity contribution in [3.05, 3.63) is 23.9 Å². The first-order valence-corrected chi connectivity index (χ1v) is 7.04. The molecule has 0 aliphatic carbocycles. The van der Waals surface area contributed by atoms with Gasteiger partial charge in [0.1, 0.15) is 17.4 Å². The van der Waals surface area contributed by atoms with Crippen molar-refractivity contribution < 1.29 is 4.42 Å². The summed E-state index contributed by atoms with van der Waals surface area (Å²) in [7, 11) is 0. The van der Waals surface area contributed by atoms with Crippen LogP contribution in [0, 0.1) is 0 Å². The molecule has 0 aliphatic rings. The molecular weight excluding hydrogens is 264 g/mol. The number of rotatable bonds is 6. The van der Waals surface area contributed by atoms with Crippen molar-refractivity contribution in [2.75, 3.05) is 17.0 Å². The highest BCUT2D eigenvalue weighted by molar-refractivity contribution is 7.98.